The number of nitrogen functional groups attached to an aromatic ring is 1. The third-order valence-electron chi connectivity index (χ3n) is 1.87. The van der Waals surface area contributed by atoms with Crippen molar-refractivity contribution < 1.29 is 9.53 Å². The highest BCUT2D eigenvalue weighted by atomic mass is 16.5. The molecule has 1 aromatic carbocycles. The van der Waals surface area contributed by atoms with Crippen molar-refractivity contribution in [2.75, 3.05) is 6.61 Å². The summed E-state index contributed by atoms with van der Waals surface area (Å²) in [6, 6.07) is 5.19. The minimum atomic E-state index is -0.295. The van der Waals surface area contributed by atoms with Gasteiger partial charge in [0.15, 0.2) is 0 Å². The van der Waals surface area contributed by atoms with Gasteiger partial charge in [-0.3, -0.25) is 10.2 Å². The van der Waals surface area contributed by atoms with Crippen molar-refractivity contribution in [2.24, 2.45) is 5.84 Å². The Bertz CT molecular complexity index is 337. The zero-order valence-electron chi connectivity index (χ0n) is 8.33. The van der Waals surface area contributed by atoms with Gasteiger partial charge in [-0.05, 0) is 37.6 Å². The number of hydrogen-bond acceptors (Lipinski definition) is 3. The van der Waals surface area contributed by atoms with Crippen LogP contribution in [0.15, 0.2) is 18.2 Å². The molecule has 0 aliphatic heterocycles. The van der Waals surface area contributed by atoms with Gasteiger partial charge in [0.2, 0.25) is 0 Å². The molecule has 0 saturated heterocycles. The summed E-state index contributed by atoms with van der Waals surface area (Å²) in [5.74, 6) is 5.52. The van der Waals surface area contributed by atoms with Crippen molar-refractivity contribution in [3.8, 4) is 5.75 Å². The Morgan fingerprint density at radius 1 is 1.57 bits per heavy atom. The lowest BCUT2D eigenvalue weighted by atomic mass is 10.1. The van der Waals surface area contributed by atoms with E-state index in [-0.39, 0.29) is 5.91 Å². The summed E-state index contributed by atoms with van der Waals surface area (Å²) in [6.07, 6.45) is 0. The standard InChI is InChI=1S/C10H14N2O2/c1-3-14-9-5-4-8(6-7(9)2)10(13)12-11/h4-6H,3,11H2,1-2H3,(H,12,13). The molecule has 0 unspecified atom stereocenters. The summed E-state index contributed by atoms with van der Waals surface area (Å²) in [6.45, 7) is 4.42. The Kier molecular flexibility index (Phi) is 3.48. The first kappa shape index (κ1) is 10.5. The molecule has 0 aromatic heterocycles. The molecule has 1 rings (SSSR count). The molecule has 0 spiro atoms. The summed E-state index contributed by atoms with van der Waals surface area (Å²) in [5, 5.41) is 0. The summed E-state index contributed by atoms with van der Waals surface area (Å²) in [5.41, 5.74) is 3.54. The number of nitrogens with two attached hydrogens (primary N) is 1. The van der Waals surface area contributed by atoms with Gasteiger partial charge in [0, 0.05) is 5.56 Å². The van der Waals surface area contributed by atoms with Crippen LogP contribution >= 0.6 is 0 Å². The van der Waals surface area contributed by atoms with Gasteiger partial charge in [-0.15, -0.1) is 0 Å². The lowest BCUT2D eigenvalue weighted by Crippen LogP contribution is -2.29. The molecule has 1 aromatic rings. The zero-order valence-corrected chi connectivity index (χ0v) is 8.33. The number of hydrazine groups is 1. The second kappa shape index (κ2) is 4.62. The molecule has 0 bridgehead atoms. The predicted octanol–water partition coefficient (Wildman–Crippen LogP) is 0.997. The minimum absolute atomic E-state index is 0.295. The Morgan fingerprint density at radius 3 is 2.79 bits per heavy atom. The number of nitrogens with one attached hydrogen (secondary N) is 1. The van der Waals surface area contributed by atoms with Crippen LogP contribution in [0.3, 0.4) is 0 Å². The van der Waals surface area contributed by atoms with E-state index >= 15 is 0 Å². The highest BCUT2D eigenvalue weighted by molar-refractivity contribution is 5.94. The maximum absolute atomic E-state index is 11.2. The van der Waals surface area contributed by atoms with Crippen molar-refractivity contribution in [3.05, 3.63) is 29.3 Å². The van der Waals surface area contributed by atoms with E-state index in [1.54, 1.807) is 18.2 Å². The molecule has 3 N–H and O–H groups in total. The third kappa shape index (κ3) is 2.23. The Labute approximate surface area is 83.0 Å². The van der Waals surface area contributed by atoms with E-state index < -0.39 is 0 Å². The van der Waals surface area contributed by atoms with Crippen LogP contribution in [0, 0.1) is 6.92 Å². The molecule has 0 heterocycles. The first-order valence-corrected chi connectivity index (χ1v) is 4.43. The maximum Gasteiger partial charge on any atom is 0.265 e. The minimum Gasteiger partial charge on any atom is -0.494 e. The molecule has 0 aliphatic rings. The molecule has 0 radical (unpaired) electrons. The van der Waals surface area contributed by atoms with Gasteiger partial charge in [-0.1, -0.05) is 0 Å². The van der Waals surface area contributed by atoms with Crippen LogP contribution in [0.25, 0.3) is 0 Å². The summed E-state index contributed by atoms with van der Waals surface area (Å²) in [4.78, 5) is 11.2. The van der Waals surface area contributed by atoms with Gasteiger partial charge in [0.25, 0.3) is 5.91 Å². The normalized spacial score (nSPS) is 9.64. The third-order valence-corrected chi connectivity index (χ3v) is 1.87. The first-order chi connectivity index (χ1) is 6.69. The number of carbonyl (C=O) groups excluding carboxylic acids is 1. The van der Waals surface area contributed by atoms with Crippen molar-refractivity contribution in [2.45, 2.75) is 13.8 Å². The number of rotatable bonds is 3. The van der Waals surface area contributed by atoms with E-state index in [9.17, 15) is 4.79 Å². The molecule has 0 fully saturated rings. The maximum atomic E-state index is 11.2. The zero-order chi connectivity index (χ0) is 10.6. The van der Waals surface area contributed by atoms with Gasteiger partial charge >= 0.3 is 0 Å². The van der Waals surface area contributed by atoms with Crippen molar-refractivity contribution >= 4 is 5.91 Å². The van der Waals surface area contributed by atoms with Crippen LogP contribution in [0.5, 0.6) is 5.75 Å². The fourth-order valence-electron chi connectivity index (χ4n) is 1.19. The number of aryl methyl sites for hydroxylation is 1. The molecule has 0 atom stereocenters. The quantitative estimate of drug-likeness (QED) is 0.428. The number of benzene rings is 1. The van der Waals surface area contributed by atoms with Crippen molar-refractivity contribution in [1.29, 1.82) is 0 Å². The molecule has 0 saturated carbocycles. The number of amides is 1. The molecular formula is C10H14N2O2. The molecule has 4 nitrogen and oxygen atoms in total. The summed E-state index contributed by atoms with van der Waals surface area (Å²) in [7, 11) is 0. The monoisotopic (exact) mass is 194 g/mol. The topological polar surface area (TPSA) is 64.3 Å². The Hall–Kier alpha value is -1.55. The van der Waals surface area contributed by atoms with Gasteiger partial charge in [0.1, 0.15) is 5.75 Å². The Morgan fingerprint density at radius 2 is 2.29 bits per heavy atom. The summed E-state index contributed by atoms with van der Waals surface area (Å²) < 4.78 is 5.34. The largest absolute Gasteiger partial charge is 0.494 e. The second-order valence-corrected chi connectivity index (χ2v) is 2.89. The average Bonchev–Trinajstić information content (AvgIpc) is 2.20. The van der Waals surface area contributed by atoms with E-state index in [0.717, 1.165) is 11.3 Å². The number of hydrogen-bond donors (Lipinski definition) is 2. The van der Waals surface area contributed by atoms with Crippen molar-refractivity contribution in [1.82, 2.24) is 5.43 Å². The van der Waals surface area contributed by atoms with Crippen molar-refractivity contribution in [3.63, 3.8) is 0 Å². The average molecular weight is 194 g/mol. The first-order valence-electron chi connectivity index (χ1n) is 4.43. The SMILES string of the molecule is CCOc1ccc(C(=O)NN)cc1C. The highest BCUT2D eigenvalue weighted by Gasteiger charge is 2.05. The highest BCUT2D eigenvalue weighted by Crippen LogP contribution is 2.18. The van der Waals surface area contributed by atoms with Crippen LogP contribution in [-0.2, 0) is 0 Å². The van der Waals surface area contributed by atoms with Crippen LogP contribution in [0.1, 0.15) is 22.8 Å². The van der Waals surface area contributed by atoms with Crippen LogP contribution in [0.4, 0.5) is 0 Å². The molecule has 76 valence electrons. The van der Waals surface area contributed by atoms with Gasteiger partial charge < -0.3 is 4.74 Å². The lowest BCUT2D eigenvalue weighted by Gasteiger charge is -2.07. The Balaban J connectivity index is 2.94. The van der Waals surface area contributed by atoms with E-state index in [4.69, 9.17) is 10.6 Å². The van der Waals surface area contributed by atoms with Gasteiger partial charge in [-0.25, -0.2) is 5.84 Å². The number of carbonyl (C=O) groups is 1. The smallest absolute Gasteiger partial charge is 0.265 e. The predicted molar refractivity (Wildman–Crippen MR) is 54.0 cm³/mol. The molecule has 0 aliphatic carbocycles. The molecule has 4 heteroatoms. The fourth-order valence-corrected chi connectivity index (χ4v) is 1.19. The van der Waals surface area contributed by atoms with Crippen LogP contribution in [-0.4, -0.2) is 12.5 Å². The van der Waals surface area contributed by atoms with Gasteiger partial charge in [-0.2, -0.15) is 0 Å². The van der Waals surface area contributed by atoms with E-state index in [1.807, 2.05) is 13.8 Å². The molecule has 1 amide bonds. The fraction of sp³-hybridized carbons (Fsp3) is 0.300. The second-order valence-electron chi connectivity index (χ2n) is 2.89. The van der Waals surface area contributed by atoms with Crippen LogP contribution in [0.2, 0.25) is 0 Å². The summed E-state index contributed by atoms with van der Waals surface area (Å²) >= 11 is 0. The molecular weight excluding hydrogens is 180 g/mol. The van der Waals surface area contributed by atoms with Gasteiger partial charge in [0.05, 0.1) is 6.61 Å². The van der Waals surface area contributed by atoms with E-state index in [0.29, 0.717) is 12.2 Å². The lowest BCUT2D eigenvalue weighted by molar-refractivity contribution is 0.0953. The van der Waals surface area contributed by atoms with Crippen LogP contribution < -0.4 is 16.0 Å². The van der Waals surface area contributed by atoms with E-state index in [1.165, 1.54) is 0 Å². The van der Waals surface area contributed by atoms with E-state index in [2.05, 4.69) is 5.43 Å². The molecule has 14 heavy (non-hydrogen) atoms. The number of ether oxygens (including phenoxy) is 1.